The number of alkyl halides is 2. The Kier molecular flexibility index (Phi) is 6.64. The van der Waals surface area contributed by atoms with Crippen LogP contribution in [0.4, 0.5) is 19.0 Å². The van der Waals surface area contributed by atoms with Gasteiger partial charge in [-0.25, -0.2) is 13.2 Å². The van der Waals surface area contributed by atoms with E-state index in [2.05, 4.69) is 22.9 Å². The van der Waals surface area contributed by atoms with Crippen LogP contribution in [0.5, 0.6) is 6.01 Å². The third kappa shape index (κ3) is 4.91. The molecule has 0 amide bonds. The van der Waals surface area contributed by atoms with Crippen LogP contribution in [-0.2, 0) is 0 Å². The van der Waals surface area contributed by atoms with Gasteiger partial charge in [-0.05, 0) is 79.6 Å². The van der Waals surface area contributed by atoms with Gasteiger partial charge in [0.25, 0.3) is 5.92 Å². The van der Waals surface area contributed by atoms with Crippen molar-refractivity contribution >= 4 is 39.1 Å². The molecule has 2 saturated carbocycles. The summed E-state index contributed by atoms with van der Waals surface area (Å²) in [6.07, 6.45) is 3.15. The second-order valence-corrected chi connectivity index (χ2v) is 14.2. The van der Waals surface area contributed by atoms with Gasteiger partial charge >= 0.3 is 6.01 Å². The van der Waals surface area contributed by atoms with Gasteiger partial charge in [0.1, 0.15) is 17.9 Å². The summed E-state index contributed by atoms with van der Waals surface area (Å²) in [6.45, 7) is 5.72. The Balaban J connectivity index is 1.38. The molecule has 2 heterocycles. The number of aromatic nitrogens is 2. The van der Waals surface area contributed by atoms with E-state index in [0.717, 1.165) is 48.7 Å². The van der Waals surface area contributed by atoms with Crippen LogP contribution >= 0.6 is 11.6 Å². The molecule has 3 aliphatic rings. The summed E-state index contributed by atoms with van der Waals surface area (Å²) in [5, 5.41) is 2.63. The minimum Gasteiger partial charge on any atom is -0.463 e. The van der Waals surface area contributed by atoms with E-state index in [4.69, 9.17) is 21.3 Å². The van der Waals surface area contributed by atoms with E-state index in [1.807, 2.05) is 37.3 Å². The van der Waals surface area contributed by atoms with Crippen LogP contribution in [0.2, 0.25) is 5.02 Å². The van der Waals surface area contributed by atoms with E-state index in [1.54, 1.807) is 25.1 Å². The Morgan fingerprint density at radius 3 is 2.60 bits per heavy atom. The quantitative estimate of drug-likeness (QED) is 0.212. The number of ether oxygens (including phenoxy) is 1. The Morgan fingerprint density at radius 2 is 1.88 bits per heavy atom. The summed E-state index contributed by atoms with van der Waals surface area (Å²) in [6, 6.07) is 13.5. The molecule has 9 heteroatoms. The van der Waals surface area contributed by atoms with Gasteiger partial charge in [-0.15, -0.1) is 0 Å². The molecule has 7 rings (SSSR count). The average molecular weight is 609 g/mol. The van der Waals surface area contributed by atoms with Gasteiger partial charge in [0, 0.05) is 37.0 Å². The largest absolute Gasteiger partial charge is 0.463 e. The lowest BCUT2D eigenvalue weighted by Crippen LogP contribution is -2.42. The van der Waals surface area contributed by atoms with E-state index in [-0.39, 0.29) is 47.1 Å². The summed E-state index contributed by atoms with van der Waals surface area (Å²) in [5.41, 5.74) is 0.802. The number of hydrogen-bond acceptors (Lipinski definition) is 5. The van der Waals surface area contributed by atoms with Crippen molar-refractivity contribution in [2.24, 2.45) is 16.7 Å². The van der Waals surface area contributed by atoms with Crippen LogP contribution in [-0.4, -0.2) is 61.1 Å². The first kappa shape index (κ1) is 28.7. The van der Waals surface area contributed by atoms with E-state index in [0.29, 0.717) is 22.7 Å². The number of hydrogen-bond donors (Lipinski definition) is 0. The molecule has 1 aliphatic heterocycles. The minimum absolute atomic E-state index is 0.0808. The zero-order valence-corrected chi connectivity index (χ0v) is 25.7. The van der Waals surface area contributed by atoms with Crippen LogP contribution in [0, 0.1) is 29.5 Å². The molecule has 0 N–H and O–H groups in total. The van der Waals surface area contributed by atoms with Crippen molar-refractivity contribution < 1.29 is 17.9 Å². The monoisotopic (exact) mass is 608 g/mol. The summed E-state index contributed by atoms with van der Waals surface area (Å²) in [4.78, 5) is 13.2. The third-order valence-electron chi connectivity index (χ3n) is 9.71. The zero-order valence-electron chi connectivity index (χ0n) is 25.0. The second-order valence-electron chi connectivity index (χ2n) is 13.8. The third-order valence-corrected chi connectivity index (χ3v) is 10.0. The molecule has 3 atom stereocenters. The summed E-state index contributed by atoms with van der Waals surface area (Å²) >= 11 is 6.92. The van der Waals surface area contributed by atoms with Crippen molar-refractivity contribution in [1.29, 1.82) is 0 Å². The number of rotatable bonds is 7. The maximum Gasteiger partial charge on any atom is 0.319 e. The summed E-state index contributed by atoms with van der Waals surface area (Å²) in [5.74, 6) is -2.35. The van der Waals surface area contributed by atoms with Gasteiger partial charge in [-0.3, -0.25) is 0 Å². The number of aryl methyl sites for hydroxylation is 1. The molecule has 2 aliphatic carbocycles. The minimum atomic E-state index is -2.84. The number of piperidine rings is 1. The standard InChI is InChI=1S/C34H36ClF3N4O/c1-20-11-22-7-5-6-8-23(22)24(12-20)27-26(35)13-25-29(28(27)36)39-31(43-19-33(18-41(3)4)16-34(33,37)38)40-30(25)42-15-21-9-10-32(2,14-21)17-42/h5-8,11-13,21H,9-10,14-19H2,1-4H3/t21?,32-,33-/m1/s1. The fourth-order valence-corrected chi connectivity index (χ4v) is 7.99. The molecule has 43 heavy (non-hydrogen) atoms. The molecule has 1 unspecified atom stereocenters. The first-order valence-electron chi connectivity index (χ1n) is 15.0. The Morgan fingerprint density at radius 1 is 1.12 bits per heavy atom. The summed E-state index contributed by atoms with van der Waals surface area (Å²) in [7, 11) is 3.53. The Bertz CT molecular complexity index is 1760. The smallest absolute Gasteiger partial charge is 0.319 e. The summed E-state index contributed by atoms with van der Waals surface area (Å²) < 4.78 is 51.9. The first-order valence-corrected chi connectivity index (χ1v) is 15.3. The highest BCUT2D eigenvalue weighted by atomic mass is 35.5. The topological polar surface area (TPSA) is 41.5 Å². The van der Waals surface area contributed by atoms with Gasteiger partial charge in [-0.1, -0.05) is 54.9 Å². The van der Waals surface area contributed by atoms with Crippen LogP contribution in [0.25, 0.3) is 32.8 Å². The highest BCUT2D eigenvalue weighted by Crippen LogP contribution is 2.60. The van der Waals surface area contributed by atoms with E-state index < -0.39 is 17.2 Å². The molecule has 3 aromatic carbocycles. The molecule has 0 spiro atoms. The highest BCUT2D eigenvalue weighted by Gasteiger charge is 2.71. The van der Waals surface area contributed by atoms with E-state index in [1.165, 1.54) is 0 Å². The molecule has 226 valence electrons. The molecular formula is C34H36ClF3N4O. The van der Waals surface area contributed by atoms with Crippen LogP contribution in [0.15, 0.2) is 42.5 Å². The number of benzene rings is 3. The van der Waals surface area contributed by atoms with Crippen molar-refractivity contribution in [1.82, 2.24) is 14.9 Å². The SMILES string of the molecule is Cc1cc(-c2c(Cl)cc3c(N4CC5CC[C@](C)(C5)C4)nc(OC[C@]4(CN(C)C)CC4(F)F)nc3c2F)c2ccccc2c1. The van der Waals surface area contributed by atoms with Crippen molar-refractivity contribution in [3.05, 3.63) is 58.9 Å². The maximum atomic E-state index is 16.8. The van der Waals surface area contributed by atoms with Gasteiger partial charge in [-0.2, -0.15) is 9.97 Å². The number of anilines is 1. The highest BCUT2D eigenvalue weighted by molar-refractivity contribution is 6.35. The fourth-order valence-electron chi connectivity index (χ4n) is 7.69. The molecule has 3 fully saturated rings. The molecule has 0 radical (unpaired) electrons. The lowest BCUT2D eigenvalue weighted by molar-refractivity contribution is 0.0288. The van der Waals surface area contributed by atoms with E-state index >= 15 is 4.39 Å². The molecule has 5 nitrogen and oxygen atoms in total. The van der Waals surface area contributed by atoms with Crippen LogP contribution in [0.3, 0.4) is 0 Å². The van der Waals surface area contributed by atoms with Crippen molar-refractivity contribution in [2.45, 2.75) is 45.5 Å². The van der Waals surface area contributed by atoms with Crippen LogP contribution < -0.4 is 9.64 Å². The zero-order chi connectivity index (χ0) is 30.3. The number of halogens is 4. The van der Waals surface area contributed by atoms with Gasteiger partial charge in [0.15, 0.2) is 5.82 Å². The lowest BCUT2D eigenvalue weighted by Gasteiger charge is -2.39. The van der Waals surface area contributed by atoms with Crippen LogP contribution in [0.1, 0.15) is 38.2 Å². The first-order chi connectivity index (χ1) is 20.4. The predicted molar refractivity (Wildman–Crippen MR) is 166 cm³/mol. The fraction of sp³-hybridized carbons (Fsp3) is 0.471. The van der Waals surface area contributed by atoms with E-state index in [9.17, 15) is 8.78 Å². The molecular weight excluding hydrogens is 573 g/mol. The predicted octanol–water partition coefficient (Wildman–Crippen LogP) is 8.14. The molecule has 1 saturated heterocycles. The van der Waals surface area contributed by atoms with Crippen molar-refractivity contribution in [2.75, 3.05) is 45.2 Å². The van der Waals surface area contributed by atoms with Gasteiger partial charge < -0.3 is 14.5 Å². The average Bonchev–Trinajstić information content (AvgIpc) is 3.35. The maximum absolute atomic E-state index is 16.8. The Labute approximate surface area is 255 Å². The number of nitrogens with zero attached hydrogens (tertiary/aromatic N) is 4. The molecule has 4 aromatic rings. The van der Waals surface area contributed by atoms with Crippen molar-refractivity contribution in [3.8, 4) is 17.1 Å². The normalized spacial score (nSPS) is 26.1. The molecule has 1 aromatic heterocycles. The second kappa shape index (κ2) is 9.96. The van der Waals surface area contributed by atoms with Gasteiger partial charge in [0.2, 0.25) is 0 Å². The van der Waals surface area contributed by atoms with Gasteiger partial charge in [0.05, 0.1) is 10.4 Å². The number of fused-ring (bicyclic) bond motifs is 4. The molecule has 2 bridgehead atoms. The lowest BCUT2D eigenvalue weighted by atomic mass is 9.84. The Hall–Kier alpha value is -3.10. The van der Waals surface area contributed by atoms with Crippen molar-refractivity contribution in [3.63, 3.8) is 0 Å².